The number of amides is 3. The van der Waals surface area contributed by atoms with Crippen LogP contribution in [-0.2, 0) is 21.2 Å². The first-order valence-electron chi connectivity index (χ1n) is 8.03. The van der Waals surface area contributed by atoms with Gasteiger partial charge in [0.25, 0.3) is 5.91 Å². The van der Waals surface area contributed by atoms with Crippen LogP contribution < -0.4 is 4.90 Å². The van der Waals surface area contributed by atoms with E-state index in [2.05, 4.69) is 15.9 Å². The Bertz CT molecular complexity index is 1060. The third-order valence-electron chi connectivity index (χ3n) is 4.38. The van der Waals surface area contributed by atoms with Crippen LogP contribution in [0.5, 0.6) is 0 Å². The summed E-state index contributed by atoms with van der Waals surface area (Å²) in [5.74, 6) is -0.677. The molecule has 0 bridgehead atoms. The van der Waals surface area contributed by atoms with E-state index >= 15 is 0 Å². The highest BCUT2D eigenvalue weighted by Gasteiger charge is 2.58. The molecule has 0 aromatic heterocycles. The number of hydrogen-bond acceptors (Lipinski definition) is 4. The minimum Gasteiger partial charge on any atom is -0.271 e. The van der Waals surface area contributed by atoms with Gasteiger partial charge in [-0.2, -0.15) is 0 Å². The molecule has 10 heteroatoms. The van der Waals surface area contributed by atoms with Gasteiger partial charge in [-0.3, -0.25) is 4.79 Å². The molecule has 2 aromatic carbocycles. The van der Waals surface area contributed by atoms with Gasteiger partial charge in [-0.15, -0.1) is 0 Å². The van der Waals surface area contributed by atoms with Crippen molar-refractivity contribution < 1.29 is 18.0 Å². The fourth-order valence-corrected chi connectivity index (χ4v) is 5.29. The number of halogens is 3. The topological polar surface area (TPSA) is 74.8 Å². The van der Waals surface area contributed by atoms with Crippen molar-refractivity contribution in [1.82, 2.24) is 4.31 Å². The molecule has 1 aliphatic rings. The van der Waals surface area contributed by atoms with Crippen molar-refractivity contribution in [2.75, 3.05) is 11.2 Å². The molecule has 0 radical (unpaired) electrons. The van der Waals surface area contributed by atoms with Gasteiger partial charge >= 0.3 is 6.03 Å². The summed E-state index contributed by atoms with van der Waals surface area (Å²) >= 11 is 15.3. The van der Waals surface area contributed by atoms with Gasteiger partial charge < -0.3 is 0 Å². The number of sulfonamides is 1. The molecule has 3 amide bonds. The molecule has 0 saturated carbocycles. The standard InChI is InChI=1S/C18H15BrCl2N2O4S/c1-18(10-11-3-5-12(19)6-4-11)16(24)22(17(25)23(18)28(2,26)27)15-8-13(20)7-14(21)9-15/h3-9H,10H2,1-2H3/t18-/m1/s1. The predicted molar refractivity (Wildman–Crippen MR) is 112 cm³/mol. The van der Waals surface area contributed by atoms with E-state index in [0.29, 0.717) is 9.87 Å². The number of anilines is 1. The van der Waals surface area contributed by atoms with Crippen LogP contribution in [0.15, 0.2) is 46.9 Å². The SMILES string of the molecule is C[C@@]1(Cc2ccc(Br)cc2)C(=O)N(c2cc(Cl)cc(Cl)c2)C(=O)N1S(C)(=O)=O. The Balaban J connectivity index is 2.13. The highest BCUT2D eigenvalue weighted by Crippen LogP contribution is 2.38. The van der Waals surface area contributed by atoms with Crippen LogP contribution in [0.4, 0.5) is 10.5 Å². The van der Waals surface area contributed by atoms with Crippen molar-refractivity contribution in [3.05, 3.63) is 62.5 Å². The molecule has 3 rings (SSSR count). The largest absolute Gasteiger partial charge is 0.346 e. The lowest BCUT2D eigenvalue weighted by atomic mass is 9.92. The van der Waals surface area contributed by atoms with E-state index in [0.717, 1.165) is 15.6 Å². The first-order valence-corrected chi connectivity index (χ1v) is 11.4. The maximum atomic E-state index is 13.3. The Morgan fingerprint density at radius 3 is 2.07 bits per heavy atom. The lowest BCUT2D eigenvalue weighted by molar-refractivity contribution is -0.122. The molecule has 0 spiro atoms. The van der Waals surface area contributed by atoms with Gasteiger partial charge in [0.05, 0.1) is 11.9 Å². The van der Waals surface area contributed by atoms with Gasteiger partial charge in [-0.25, -0.2) is 22.4 Å². The van der Waals surface area contributed by atoms with Crippen molar-refractivity contribution in [3.8, 4) is 0 Å². The fraction of sp³-hybridized carbons (Fsp3) is 0.222. The molecule has 0 unspecified atom stereocenters. The highest BCUT2D eigenvalue weighted by molar-refractivity contribution is 9.10. The molecular formula is C18H15BrCl2N2O4S. The molecule has 1 atom stereocenters. The van der Waals surface area contributed by atoms with Gasteiger partial charge in [0, 0.05) is 20.9 Å². The maximum Gasteiger partial charge on any atom is 0.346 e. The number of hydrogen-bond donors (Lipinski definition) is 0. The summed E-state index contributed by atoms with van der Waals surface area (Å²) in [6.45, 7) is 1.43. The van der Waals surface area contributed by atoms with E-state index in [9.17, 15) is 18.0 Å². The van der Waals surface area contributed by atoms with Crippen LogP contribution in [0.2, 0.25) is 10.0 Å². The molecule has 1 heterocycles. The smallest absolute Gasteiger partial charge is 0.271 e. The fourth-order valence-electron chi connectivity index (χ4n) is 3.27. The monoisotopic (exact) mass is 504 g/mol. The molecule has 2 aromatic rings. The Kier molecular flexibility index (Phi) is 5.53. The molecule has 1 fully saturated rings. The number of nitrogens with zero attached hydrogens (tertiary/aromatic N) is 2. The molecular weight excluding hydrogens is 491 g/mol. The third kappa shape index (κ3) is 3.78. The summed E-state index contributed by atoms with van der Waals surface area (Å²) < 4.78 is 26.3. The van der Waals surface area contributed by atoms with E-state index < -0.39 is 27.5 Å². The Hall–Kier alpha value is -1.61. The Labute approximate surface area is 181 Å². The zero-order chi connectivity index (χ0) is 20.9. The van der Waals surface area contributed by atoms with E-state index in [1.54, 1.807) is 24.3 Å². The average molecular weight is 506 g/mol. The van der Waals surface area contributed by atoms with Crippen LogP contribution in [0.25, 0.3) is 0 Å². The second-order valence-electron chi connectivity index (χ2n) is 6.66. The summed E-state index contributed by atoms with van der Waals surface area (Å²) in [6, 6.07) is 10.3. The third-order valence-corrected chi connectivity index (χ3v) is 6.56. The van der Waals surface area contributed by atoms with Gasteiger partial charge in [0.15, 0.2) is 0 Å². The number of imide groups is 1. The van der Waals surface area contributed by atoms with Crippen molar-refractivity contribution in [2.24, 2.45) is 0 Å². The normalized spacial score (nSPS) is 20.2. The molecule has 0 N–H and O–H groups in total. The molecule has 1 saturated heterocycles. The summed E-state index contributed by atoms with van der Waals surface area (Å²) in [5.41, 5.74) is -0.819. The van der Waals surface area contributed by atoms with E-state index in [1.165, 1.54) is 25.1 Å². The lowest BCUT2D eigenvalue weighted by Crippen LogP contribution is -2.51. The summed E-state index contributed by atoms with van der Waals surface area (Å²) in [5, 5.41) is 0.436. The zero-order valence-corrected chi connectivity index (χ0v) is 18.7. The van der Waals surface area contributed by atoms with Crippen molar-refractivity contribution in [2.45, 2.75) is 18.9 Å². The maximum absolute atomic E-state index is 13.3. The number of urea groups is 1. The van der Waals surface area contributed by atoms with Crippen LogP contribution in [-0.4, -0.2) is 36.5 Å². The Morgan fingerprint density at radius 2 is 1.57 bits per heavy atom. The summed E-state index contributed by atoms with van der Waals surface area (Å²) in [7, 11) is -4.04. The van der Waals surface area contributed by atoms with Crippen LogP contribution in [0.3, 0.4) is 0 Å². The molecule has 28 heavy (non-hydrogen) atoms. The second kappa shape index (κ2) is 7.33. The lowest BCUT2D eigenvalue weighted by Gasteiger charge is -2.29. The van der Waals surface area contributed by atoms with E-state index in [1.807, 2.05) is 0 Å². The predicted octanol–water partition coefficient (Wildman–Crippen LogP) is 4.49. The van der Waals surface area contributed by atoms with Gasteiger partial charge in [0.1, 0.15) is 5.54 Å². The highest BCUT2D eigenvalue weighted by atomic mass is 79.9. The zero-order valence-electron chi connectivity index (χ0n) is 14.8. The number of rotatable bonds is 4. The van der Waals surface area contributed by atoms with Gasteiger partial charge in [0.2, 0.25) is 10.0 Å². The van der Waals surface area contributed by atoms with E-state index in [4.69, 9.17) is 23.2 Å². The van der Waals surface area contributed by atoms with E-state index in [-0.39, 0.29) is 22.2 Å². The quantitative estimate of drug-likeness (QED) is 0.574. The van der Waals surface area contributed by atoms with Crippen LogP contribution in [0, 0.1) is 0 Å². The first-order chi connectivity index (χ1) is 12.9. The molecule has 1 aliphatic heterocycles. The summed E-state index contributed by atoms with van der Waals surface area (Å²) in [6.07, 6.45) is 0.912. The van der Waals surface area contributed by atoms with Crippen LogP contribution in [0.1, 0.15) is 12.5 Å². The van der Waals surface area contributed by atoms with Crippen molar-refractivity contribution in [1.29, 1.82) is 0 Å². The minimum atomic E-state index is -4.04. The second-order valence-corrected chi connectivity index (χ2v) is 10.3. The van der Waals surface area contributed by atoms with Crippen molar-refractivity contribution in [3.63, 3.8) is 0 Å². The first kappa shape index (κ1) is 21.1. The molecule has 6 nitrogen and oxygen atoms in total. The Morgan fingerprint density at radius 1 is 1.04 bits per heavy atom. The van der Waals surface area contributed by atoms with Gasteiger partial charge in [-0.1, -0.05) is 51.3 Å². The number of benzene rings is 2. The summed E-state index contributed by atoms with van der Waals surface area (Å²) in [4.78, 5) is 27.1. The van der Waals surface area contributed by atoms with Crippen LogP contribution >= 0.6 is 39.1 Å². The van der Waals surface area contributed by atoms with Gasteiger partial charge in [-0.05, 0) is 42.8 Å². The number of carbonyl (C=O) groups is 2. The molecule has 0 aliphatic carbocycles. The average Bonchev–Trinajstić information content (AvgIpc) is 2.74. The van der Waals surface area contributed by atoms with Crippen molar-refractivity contribution >= 4 is 66.8 Å². The molecule has 148 valence electrons. The number of carbonyl (C=O) groups excluding carboxylic acids is 2. The minimum absolute atomic E-state index is 0.0166.